The number of benzene rings is 1. The van der Waals surface area contributed by atoms with E-state index in [1.165, 1.54) is 16.7 Å². The van der Waals surface area contributed by atoms with Crippen LogP contribution in [0.3, 0.4) is 0 Å². The van der Waals surface area contributed by atoms with Gasteiger partial charge in [-0.15, -0.1) is 11.8 Å². The molecule has 0 bridgehead atoms. The largest absolute Gasteiger partial charge is 0.480 e. The molecule has 5 nitrogen and oxygen atoms in total. The molecule has 0 saturated carbocycles. The van der Waals surface area contributed by atoms with Crippen molar-refractivity contribution in [1.82, 2.24) is 0 Å². The van der Waals surface area contributed by atoms with Gasteiger partial charge in [-0.1, -0.05) is 17.7 Å². The average molecular weight is 318 g/mol. The second kappa shape index (κ2) is 8.84. The lowest BCUT2D eigenvalue weighted by molar-refractivity contribution is -0.136. The van der Waals surface area contributed by atoms with Crippen LogP contribution >= 0.6 is 23.4 Å². The third kappa shape index (κ3) is 5.81. The molecule has 20 heavy (non-hydrogen) atoms. The van der Waals surface area contributed by atoms with E-state index in [0.717, 1.165) is 0 Å². The maximum atomic E-state index is 12.1. The molecule has 0 fully saturated rings. The van der Waals surface area contributed by atoms with Crippen LogP contribution in [-0.4, -0.2) is 48.8 Å². The van der Waals surface area contributed by atoms with Crippen LogP contribution in [0.4, 0.5) is 5.69 Å². The zero-order valence-corrected chi connectivity index (χ0v) is 12.6. The van der Waals surface area contributed by atoms with Crippen molar-refractivity contribution in [3.8, 4) is 0 Å². The monoisotopic (exact) mass is 317 g/mol. The summed E-state index contributed by atoms with van der Waals surface area (Å²) in [5, 5.41) is 9.38. The summed E-state index contributed by atoms with van der Waals surface area (Å²) in [6, 6.07) is 6.58. The molecular formula is C13H16ClNO4S. The number of rotatable bonds is 8. The van der Waals surface area contributed by atoms with Crippen LogP contribution in [0.1, 0.15) is 0 Å². The SMILES string of the molecule is COCCSCC(=O)N(CC(=O)O)c1cccc(Cl)c1. The number of nitrogens with zero attached hydrogens (tertiary/aromatic N) is 1. The van der Waals surface area contributed by atoms with Gasteiger partial charge in [0.15, 0.2) is 0 Å². The summed E-state index contributed by atoms with van der Waals surface area (Å²) in [6.45, 7) is 0.165. The Balaban J connectivity index is 2.73. The van der Waals surface area contributed by atoms with Gasteiger partial charge in [0, 0.05) is 23.6 Å². The molecule has 0 radical (unpaired) electrons. The van der Waals surface area contributed by atoms with Crippen LogP contribution in [0.5, 0.6) is 0 Å². The van der Waals surface area contributed by atoms with Crippen LogP contribution in [0, 0.1) is 0 Å². The van der Waals surface area contributed by atoms with Crippen molar-refractivity contribution in [1.29, 1.82) is 0 Å². The highest BCUT2D eigenvalue weighted by Crippen LogP contribution is 2.20. The summed E-state index contributed by atoms with van der Waals surface area (Å²) < 4.78 is 4.89. The van der Waals surface area contributed by atoms with E-state index in [9.17, 15) is 9.59 Å². The van der Waals surface area contributed by atoms with Crippen LogP contribution in [0.2, 0.25) is 5.02 Å². The highest BCUT2D eigenvalue weighted by molar-refractivity contribution is 7.99. The molecule has 0 saturated heterocycles. The molecule has 7 heteroatoms. The summed E-state index contributed by atoms with van der Waals surface area (Å²) in [5.74, 6) is -0.460. The van der Waals surface area contributed by atoms with E-state index in [4.69, 9.17) is 21.4 Å². The predicted molar refractivity (Wildman–Crippen MR) is 80.6 cm³/mol. The number of carboxylic acid groups (broad SMARTS) is 1. The van der Waals surface area contributed by atoms with Gasteiger partial charge in [0.25, 0.3) is 0 Å². The first-order valence-electron chi connectivity index (χ1n) is 5.89. The predicted octanol–water partition coefficient (Wildman–Crippen LogP) is 2.14. The van der Waals surface area contributed by atoms with Crippen molar-refractivity contribution >= 4 is 40.9 Å². The Kier molecular flexibility index (Phi) is 7.43. The van der Waals surface area contributed by atoms with Crippen LogP contribution in [0.25, 0.3) is 0 Å². The highest BCUT2D eigenvalue weighted by Gasteiger charge is 2.18. The number of thioether (sulfide) groups is 1. The Hall–Kier alpha value is -1.24. The molecule has 1 rings (SSSR count). The number of methoxy groups -OCH3 is 1. The lowest BCUT2D eigenvalue weighted by Gasteiger charge is -2.21. The highest BCUT2D eigenvalue weighted by atomic mass is 35.5. The number of halogens is 1. The number of aliphatic carboxylic acids is 1. The zero-order valence-electron chi connectivity index (χ0n) is 11.0. The Morgan fingerprint density at radius 3 is 2.80 bits per heavy atom. The van der Waals surface area contributed by atoms with Gasteiger partial charge in [0.2, 0.25) is 5.91 Å². The van der Waals surface area contributed by atoms with Crippen molar-refractivity contribution < 1.29 is 19.4 Å². The molecule has 1 N–H and O–H groups in total. The molecule has 1 aromatic rings. The summed E-state index contributed by atoms with van der Waals surface area (Å²) in [6.07, 6.45) is 0. The fraction of sp³-hybridized carbons (Fsp3) is 0.385. The van der Waals surface area contributed by atoms with Crippen molar-refractivity contribution in [2.75, 3.05) is 36.7 Å². The lowest BCUT2D eigenvalue weighted by Crippen LogP contribution is -2.37. The quantitative estimate of drug-likeness (QED) is 0.744. The molecule has 0 aliphatic carbocycles. The molecule has 0 spiro atoms. The molecule has 110 valence electrons. The molecule has 0 aliphatic heterocycles. The van der Waals surface area contributed by atoms with Gasteiger partial charge in [-0.2, -0.15) is 0 Å². The number of hydrogen-bond acceptors (Lipinski definition) is 4. The van der Waals surface area contributed by atoms with Gasteiger partial charge in [0.1, 0.15) is 6.54 Å². The van der Waals surface area contributed by atoms with E-state index in [0.29, 0.717) is 23.1 Å². The fourth-order valence-electron chi connectivity index (χ4n) is 1.48. The van der Waals surface area contributed by atoms with Gasteiger partial charge in [-0.3, -0.25) is 9.59 Å². The van der Waals surface area contributed by atoms with Gasteiger partial charge in [-0.25, -0.2) is 0 Å². The fourth-order valence-corrected chi connectivity index (χ4v) is 2.43. The van der Waals surface area contributed by atoms with Gasteiger partial charge < -0.3 is 14.7 Å². The van der Waals surface area contributed by atoms with Crippen molar-refractivity contribution in [3.63, 3.8) is 0 Å². The number of carboxylic acids is 1. The molecular weight excluding hydrogens is 302 g/mol. The van der Waals surface area contributed by atoms with E-state index in [2.05, 4.69) is 0 Å². The summed E-state index contributed by atoms with van der Waals surface area (Å²) >= 11 is 7.27. The minimum Gasteiger partial charge on any atom is -0.480 e. The molecule has 1 amide bonds. The maximum Gasteiger partial charge on any atom is 0.323 e. The average Bonchev–Trinajstić information content (AvgIpc) is 2.40. The van der Waals surface area contributed by atoms with Crippen molar-refractivity contribution in [3.05, 3.63) is 29.3 Å². The Bertz CT molecular complexity index is 469. The first kappa shape index (κ1) is 16.8. The lowest BCUT2D eigenvalue weighted by atomic mass is 10.3. The van der Waals surface area contributed by atoms with Crippen LogP contribution in [0.15, 0.2) is 24.3 Å². The molecule has 0 unspecified atom stereocenters. The second-order valence-electron chi connectivity index (χ2n) is 3.90. The van der Waals surface area contributed by atoms with E-state index < -0.39 is 5.97 Å². The third-order valence-electron chi connectivity index (χ3n) is 2.37. The Labute approximate surface area is 126 Å². The third-order valence-corrected chi connectivity index (χ3v) is 3.51. The molecule has 1 aromatic carbocycles. The number of anilines is 1. The number of ether oxygens (including phenoxy) is 1. The second-order valence-corrected chi connectivity index (χ2v) is 5.44. The first-order chi connectivity index (χ1) is 9.54. The summed E-state index contributed by atoms with van der Waals surface area (Å²) in [7, 11) is 1.59. The smallest absolute Gasteiger partial charge is 0.323 e. The van der Waals surface area contributed by atoms with Crippen molar-refractivity contribution in [2.45, 2.75) is 0 Å². The number of carbonyl (C=O) groups excluding carboxylic acids is 1. The van der Waals surface area contributed by atoms with Crippen molar-refractivity contribution in [2.24, 2.45) is 0 Å². The normalized spacial score (nSPS) is 10.3. The van der Waals surface area contributed by atoms with Gasteiger partial charge >= 0.3 is 5.97 Å². The Morgan fingerprint density at radius 1 is 1.45 bits per heavy atom. The van der Waals surface area contributed by atoms with Gasteiger partial charge in [-0.05, 0) is 18.2 Å². The number of hydrogen-bond donors (Lipinski definition) is 1. The Morgan fingerprint density at radius 2 is 2.20 bits per heavy atom. The van der Waals surface area contributed by atoms with E-state index >= 15 is 0 Å². The minimum absolute atomic E-state index is 0.198. The van der Waals surface area contributed by atoms with E-state index in [-0.39, 0.29) is 18.2 Å². The topological polar surface area (TPSA) is 66.8 Å². The number of carbonyl (C=O) groups is 2. The molecule has 0 heterocycles. The summed E-state index contributed by atoms with van der Waals surface area (Å²) in [4.78, 5) is 24.2. The molecule has 0 aliphatic rings. The molecule has 0 aromatic heterocycles. The van der Waals surface area contributed by atoms with E-state index in [1.54, 1.807) is 31.4 Å². The van der Waals surface area contributed by atoms with E-state index in [1.807, 2.05) is 0 Å². The van der Waals surface area contributed by atoms with Crippen LogP contribution < -0.4 is 4.90 Å². The van der Waals surface area contributed by atoms with Crippen LogP contribution in [-0.2, 0) is 14.3 Å². The van der Waals surface area contributed by atoms with Gasteiger partial charge in [0.05, 0.1) is 12.4 Å². The standard InChI is InChI=1S/C13H16ClNO4S/c1-19-5-6-20-9-12(16)15(8-13(17)18)11-4-2-3-10(14)7-11/h2-4,7H,5-6,8-9H2,1H3,(H,17,18). The first-order valence-corrected chi connectivity index (χ1v) is 7.42. The zero-order chi connectivity index (χ0) is 15.0. The maximum absolute atomic E-state index is 12.1. The summed E-state index contributed by atoms with van der Waals surface area (Å²) in [5.41, 5.74) is 0.484. The number of amides is 1. The minimum atomic E-state index is -1.07. The molecule has 0 atom stereocenters.